The number of hydrogen-bond acceptors (Lipinski definition) is 2. The predicted octanol–water partition coefficient (Wildman–Crippen LogP) is 3.78. The normalized spacial score (nSPS) is 22.3. The van der Waals surface area contributed by atoms with Crippen molar-refractivity contribution in [2.24, 2.45) is 17.6 Å². The van der Waals surface area contributed by atoms with E-state index in [-0.39, 0.29) is 27.9 Å². The van der Waals surface area contributed by atoms with Gasteiger partial charge in [-0.1, -0.05) is 22.4 Å². The predicted molar refractivity (Wildman–Crippen MR) is 77.7 cm³/mol. The molecule has 0 spiro atoms. The van der Waals surface area contributed by atoms with Gasteiger partial charge in [-0.3, -0.25) is 4.79 Å². The van der Waals surface area contributed by atoms with E-state index < -0.39 is 11.7 Å². The van der Waals surface area contributed by atoms with Gasteiger partial charge < -0.3 is 11.1 Å². The summed E-state index contributed by atoms with van der Waals surface area (Å²) >= 11 is 2.87. The van der Waals surface area contributed by atoms with Crippen LogP contribution < -0.4 is 11.1 Å². The molecule has 2 rings (SSSR count). The molecule has 2 unspecified atom stereocenters. The Morgan fingerprint density at radius 1 is 1.38 bits per heavy atom. The molecule has 0 saturated heterocycles. The largest absolute Gasteiger partial charge is 0.417 e. The fourth-order valence-electron chi connectivity index (χ4n) is 2.72. The summed E-state index contributed by atoms with van der Waals surface area (Å²) in [6.45, 7) is 0.423. The van der Waals surface area contributed by atoms with E-state index >= 15 is 0 Å². The van der Waals surface area contributed by atoms with Crippen LogP contribution in [0.5, 0.6) is 0 Å². The van der Waals surface area contributed by atoms with E-state index in [9.17, 15) is 18.0 Å². The molecular weight excluding hydrogens is 349 g/mol. The van der Waals surface area contributed by atoms with Crippen molar-refractivity contribution in [2.45, 2.75) is 25.4 Å². The van der Waals surface area contributed by atoms with Crippen LogP contribution in [0.3, 0.4) is 0 Å². The van der Waals surface area contributed by atoms with Crippen LogP contribution in [0.4, 0.5) is 18.9 Å². The number of benzene rings is 1. The number of rotatable bonds is 3. The van der Waals surface area contributed by atoms with Gasteiger partial charge in [0, 0.05) is 16.1 Å². The van der Waals surface area contributed by atoms with Gasteiger partial charge in [-0.05, 0) is 43.5 Å². The Bertz CT molecular complexity index is 533. The SMILES string of the molecule is NCC1CCCC1C(=O)Nc1ccc(Br)c(C(F)(F)F)c1. The van der Waals surface area contributed by atoms with Gasteiger partial charge in [0.05, 0.1) is 5.56 Å². The lowest BCUT2D eigenvalue weighted by Gasteiger charge is -2.18. The number of nitrogens with one attached hydrogen (secondary N) is 1. The molecule has 3 N–H and O–H groups in total. The average molecular weight is 365 g/mol. The molecule has 116 valence electrons. The van der Waals surface area contributed by atoms with Crippen LogP contribution in [0.15, 0.2) is 22.7 Å². The zero-order chi connectivity index (χ0) is 15.6. The molecule has 7 heteroatoms. The number of carbonyl (C=O) groups excluding carboxylic acids is 1. The second kappa shape index (κ2) is 6.36. The van der Waals surface area contributed by atoms with Crippen LogP contribution >= 0.6 is 15.9 Å². The molecule has 1 amide bonds. The number of alkyl halides is 3. The van der Waals surface area contributed by atoms with Crippen molar-refractivity contribution in [3.63, 3.8) is 0 Å². The summed E-state index contributed by atoms with van der Waals surface area (Å²) in [4.78, 5) is 12.2. The Kier molecular flexibility index (Phi) is 4.93. The molecule has 1 saturated carbocycles. The standard InChI is InChI=1S/C14H16BrF3N2O/c15-12-5-4-9(6-11(12)14(16,17)18)20-13(21)10-3-1-2-8(10)7-19/h4-6,8,10H,1-3,7,19H2,(H,20,21). The highest BCUT2D eigenvalue weighted by Crippen LogP contribution is 2.37. The third-order valence-corrected chi connectivity index (χ3v) is 4.53. The molecule has 1 aromatic rings. The van der Waals surface area contributed by atoms with Crippen LogP contribution in [0.1, 0.15) is 24.8 Å². The molecule has 2 atom stereocenters. The Morgan fingerprint density at radius 2 is 2.10 bits per heavy atom. The smallest absolute Gasteiger partial charge is 0.330 e. The van der Waals surface area contributed by atoms with E-state index in [4.69, 9.17) is 5.73 Å². The Balaban J connectivity index is 2.15. The zero-order valence-corrected chi connectivity index (χ0v) is 12.8. The maximum Gasteiger partial charge on any atom is 0.417 e. The number of hydrogen-bond donors (Lipinski definition) is 2. The van der Waals surface area contributed by atoms with Gasteiger partial charge in [-0.15, -0.1) is 0 Å². The molecule has 1 aliphatic carbocycles. The molecular formula is C14H16BrF3N2O. The highest BCUT2D eigenvalue weighted by molar-refractivity contribution is 9.10. The Morgan fingerprint density at radius 3 is 2.71 bits per heavy atom. The van der Waals surface area contributed by atoms with Crippen LogP contribution in [0.2, 0.25) is 0 Å². The van der Waals surface area contributed by atoms with Crippen molar-refractivity contribution in [2.75, 3.05) is 11.9 Å². The molecule has 1 aromatic carbocycles. The van der Waals surface area contributed by atoms with E-state index in [1.54, 1.807) is 0 Å². The molecule has 21 heavy (non-hydrogen) atoms. The third kappa shape index (κ3) is 3.77. The van der Waals surface area contributed by atoms with Gasteiger partial charge in [0.25, 0.3) is 0 Å². The van der Waals surface area contributed by atoms with Gasteiger partial charge in [-0.25, -0.2) is 0 Å². The van der Waals surface area contributed by atoms with Crippen molar-refractivity contribution in [3.8, 4) is 0 Å². The lowest BCUT2D eigenvalue weighted by Crippen LogP contribution is -2.29. The van der Waals surface area contributed by atoms with Crippen LogP contribution in [0.25, 0.3) is 0 Å². The molecule has 0 aromatic heterocycles. The van der Waals surface area contributed by atoms with Crippen molar-refractivity contribution in [1.29, 1.82) is 0 Å². The summed E-state index contributed by atoms with van der Waals surface area (Å²) < 4.78 is 38.4. The topological polar surface area (TPSA) is 55.1 Å². The highest BCUT2D eigenvalue weighted by Gasteiger charge is 2.34. The van der Waals surface area contributed by atoms with Crippen molar-refractivity contribution < 1.29 is 18.0 Å². The van der Waals surface area contributed by atoms with Gasteiger partial charge in [0.15, 0.2) is 0 Å². The summed E-state index contributed by atoms with van der Waals surface area (Å²) in [5, 5.41) is 2.57. The summed E-state index contributed by atoms with van der Waals surface area (Å²) in [5.74, 6) is -0.353. The van der Waals surface area contributed by atoms with Crippen LogP contribution in [0, 0.1) is 11.8 Å². The molecule has 0 bridgehead atoms. The molecule has 3 nitrogen and oxygen atoms in total. The maximum absolute atomic E-state index is 12.8. The summed E-state index contributed by atoms with van der Waals surface area (Å²) in [7, 11) is 0. The fourth-order valence-corrected chi connectivity index (χ4v) is 3.19. The minimum absolute atomic E-state index is 0.0475. The molecule has 0 aliphatic heterocycles. The molecule has 1 aliphatic rings. The van der Waals surface area contributed by atoms with Gasteiger partial charge in [0.2, 0.25) is 5.91 Å². The monoisotopic (exact) mass is 364 g/mol. The lowest BCUT2D eigenvalue weighted by molar-refractivity contribution is -0.138. The van der Waals surface area contributed by atoms with E-state index in [0.717, 1.165) is 25.3 Å². The summed E-state index contributed by atoms with van der Waals surface area (Å²) in [6, 6.07) is 3.67. The number of nitrogens with two attached hydrogens (primary N) is 1. The second-order valence-corrected chi connectivity index (χ2v) is 6.07. The van der Waals surface area contributed by atoms with E-state index in [0.29, 0.717) is 6.54 Å². The quantitative estimate of drug-likeness (QED) is 0.857. The first-order valence-electron chi connectivity index (χ1n) is 6.70. The van der Waals surface area contributed by atoms with E-state index in [1.165, 1.54) is 12.1 Å². The first-order chi connectivity index (χ1) is 9.82. The fraction of sp³-hybridized carbons (Fsp3) is 0.500. The van der Waals surface area contributed by atoms with Gasteiger partial charge in [-0.2, -0.15) is 13.2 Å². The summed E-state index contributed by atoms with van der Waals surface area (Å²) in [5.41, 5.74) is 4.97. The minimum atomic E-state index is -4.47. The lowest BCUT2D eigenvalue weighted by atomic mass is 9.95. The minimum Gasteiger partial charge on any atom is -0.330 e. The maximum atomic E-state index is 12.8. The van der Waals surface area contributed by atoms with Crippen LogP contribution in [-0.2, 0) is 11.0 Å². The zero-order valence-electron chi connectivity index (χ0n) is 11.2. The number of anilines is 1. The van der Waals surface area contributed by atoms with E-state index in [1.807, 2.05) is 0 Å². The number of carbonyl (C=O) groups is 1. The van der Waals surface area contributed by atoms with Gasteiger partial charge in [0.1, 0.15) is 0 Å². The first-order valence-corrected chi connectivity index (χ1v) is 7.50. The second-order valence-electron chi connectivity index (χ2n) is 5.21. The van der Waals surface area contributed by atoms with Crippen molar-refractivity contribution >= 4 is 27.5 Å². The number of halogens is 4. The third-order valence-electron chi connectivity index (χ3n) is 3.84. The molecule has 1 fully saturated rings. The van der Waals surface area contributed by atoms with Crippen molar-refractivity contribution in [1.82, 2.24) is 0 Å². The Labute approximate surface area is 129 Å². The summed E-state index contributed by atoms with van der Waals surface area (Å²) in [6.07, 6.45) is -1.92. The van der Waals surface area contributed by atoms with Crippen LogP contribution in [-0.4, -0.2) is 12.5 Å². The molecule has 0 radical (unpaired) electrons. The molecule has 0 heterocycles. The van der Waals surface area contributed by atoms with E-state index in [2.05, 4.69) is 21.2 Å². The first kappa shape index (κ1) is 16.3. The number of amides is 1. The average Bonchev–Trinajstić information content (AvgIpc) is 2.88. The van der Waals surface area contributed by atoms with Crippen molar-refractivity contribution in [3.05, 3.63) is 28.2 Å². The Hall–Kier alpha value is -1.08. The highest BCUT2D eigenvalue weighted by atomic mass is 79.9. The van der Waals surface area contributed by atoms with Gasteiger partial charge >= 0.3 is 6.18 Å².